The molecule has 0 bridgehead atoms. The van der Waals surface area contributed by atoms with Gasteiger partial charge in [-0.1, -0.05) is 19.9 Å². The lowest BCUT2D eigenvalue weighted by Crippen LogP contribution is -2.40. The largest absolute Gasteiger partial charge is 0.482 e. The van der Waals surface area contributed by atoms with Gasteiger partial charge >= 0.3 is 0 Å². The fourth-order valence-electron chi connectivity index (χ4n) is 1.91. The van der Waals surface area contributed by atoms with Crippen molar-refractivity contribution in [2.75, 3.05) is 18.1 Å². The molecule has 92 valence electrons. The van der Waals surface area contributed by atoms with Crippen molar-refractivity contribution in [3.63, 3.8) is 0 Å². The number of ether oxygens (including phenoxy) is 1. The van der Waals surface area contributed by atoms with Gasteiger partial charge in [0.1, 0.15) is 5.75 Å². The van der Waals surface area contributed by atoms with Gasteiger partial charge in [-0.3, -0.25) is 4.79 Å². The van der Waals surface area contributed by atoms with Crippen LogP contribution in [-0.4, -0.2) is 24.2 Å². The number of carbonyl (C=O) groups excluding carboxylic acids is 1. The number of carbonyl (C=O) groups is 1. The lowest BCUT2D eigenvalue weighted by Gasteiger charge is -2.30. The molecule has 0 fully saturated rings. The van der Waals surface area contributed by atoms with Crippen LogP contribution in [0.3, 0.4) is 0 Å². The SMILES string of the molecule is CC(C)CN1C(=O)COc2cc(CO)ccc21. The van der Waals surface area contributed by atoms with Crippen LogP contribution in [0, 0.1) is 5.92 Å². The number of hydrogen-bond acceptors (Lipinski definition) is 3. The van der Waals surface area contributed by atoms with E-state index in [2.05, 4.69) is 13.8 Å². The van der Waals surface area contributed by atoms with Crippen LogP contribution in [0.15, 0.2) is 18.2 Å². The molecule has 0 saturated carbocycles. The third-order valence-electron chi connectivity index (χ3n) is 2.70. The highest BCUT2D eigenvalue weighted by atomic mass is 16.5. The van der Waals surface area contributed by atoms with E-state index in [1.165, 1.54) is 0 Å². The van der Waals surface area contributed by atoms with Gasteiger partial charge < -0.3 is 14.7 Å². The number of aliphatic hydroxyl groups excluding tert-OH is 1. The van der Waals surface area contributed by atoms with Crippen molar-refractivity contribution >= 4 is 11.6 Å². The number of rotatable bonds is 3. The Balaban J connectivity index is 2.34. The van der Waals surface area contributed by atoms with E-state index in [0.717, 1.165) is 11.3 Å². The molecule has 0 unspecified atom stereocenters. The smallest absolute Gasteiger partial charge is 0.265 e. The Morgan fingerprint density at radius 2 is 2.24 bits per heavy atom. The Labute approximate surface area is 101 Å². The van der Waals surface area contributed by atoms with Crippen molar-refractivity contribution in [1.29, 1.82) is 0 Å². The Hall–Kier alpha value is -1.55. The Kier molecular flexibility index (Phi) is 3.33. The van der Waals surface area contributed by atoms with Crippen molar-refractivity contribution in [2.45, 2.75) is 20.5 Å². The van der Waals surface area contributed by atoms with Crippen molar-refractivity contribution in [3.05, 3.63) is 23.8 Å². The fourth-order valence-corrected chi connectivity index (χ4v) is 1.91. The fraction of sp³-hybridized carbons (Fsp3) is 0.462. The molecule has 4 nitrogen and oxygen atoms in total. The highest BCUT2D eigenvalue weighted by Gasteiger charge is 2.25. The van der Waals surface area contributed by atoms with Gasteiger partial charge in [0, 0.05) is 6.54 Å². The Morgan fingerprint density at radius 1 is 1.47 bits per heavy atom. The van der Waals surface area contributed by atoms with Crippen molar-refractivity contribution < 1.29 is 14.6 Å². The van der Waals surface area contributed by atoms with E-state index in [-0.39, 0.29) is 19.1 Å². The number of aliphatic hydroxyl groups is 1. The van der Waals surface area contributed by atoms with E-state index in [4.69, 9.17) is 9.84 Å². The van der Waals surface area contributed by atoms with Crippen molar-refractivity contribution in [2.24, 2.45) is 5.92 Å². The molecule has 1 amide bonds. The van der Waals surface area contributed by atoms with Crippen LogP contribution < -0.4 is 9.64 Å². The zero-order valence-corrected chi connectivity index (χ0v) is 10.1. The van der Waals surface area contributed by atoms with Crippen molar-refractivity contribution in [1.82, 2.24) is 0 Å². The third-order valence-corrected chi connectivity index (χ3v) is 2.70. The molecule has 0 spiro atoms. The quantitative estimate of drug-likeness (QED) is 0.865. The van der Waals surface area contributed by atoms with Crippen LogP contribution >= 0.6 is 0 Å². The van der Waals surface area contributed by atoms with Gasteiger partial charge in [0.15, 0.2) is 6.61 Å². The number of amides is 1. The number of fused-ring (bicyclic) bond motifs is 1. The maximum Gasteiger partial charge on any atom is 0.265 e. The molecule has 0 aliphatic carbocycles. The predicted octanol–water partition coefficient (Wildman–Crippen LogP) is 1.56. The molecule has 1 aromatic rings. The second-order valence-corrected chi connectivity index (χ2v) is 4.65. The van der Waals surface area contributed by atoms with Gasteiger partial charge in [0.2, 0.25) is 0 Å². The van der Waals surface area contributed by atoms with E-state index >= 15 is 0 Å². The predicted molar refractivity (Wildman–Crippen MR) is 65.1 cm³/mol. The average Bonchev–Trinajstić information content (AvgIpc) is 2.32. The summed E-state index contributed by atoms with van der Waals surface area (Å²) < 4.78 is 5.39. The zero-order valence-electron chi connectivity index (χ0n) is 10.1. The monoisotopic (exact) mass is 235 g/mol. The maximum atomic E-state index is 11.8. The summed E-state index contributed by atoms with van der Waals surface area (Å²) in [6, 6.07) is 5.43. The summed E-state index contributed by atoms with van der Waals surface area (Å²) in [7, 11) is 0. The second-order valence-electron chi connectivity index (χ2n) is 4.65. The van der Waals surface area contributed by atoms with Gasteiger partial charge in [-0.25, -0.2) is 0 Å². The minimum absolute atomic E-state index is 0.0112. The summed E-state index contributed by atoms with van der Waals surface area (Å²) in [6.45, 7) is 4.89. The zero-order chi connectivity index (χ0) is 12.4. The summed E-state index contributed by atoms with van der Waals surface area (Å²) in [6.07, 6.45) is 0. The van der Waals surface area contributed by atoms with Crippen LogP contribution in [0.4, 0.5) is 5.69 Å². The van der Waals surface area contributed by atoms with E-state index < -0.39 is 0 Å². The molecule has 4 heteroatoms. The lowest BCUT2D eigenvalue weighted by atomic mass is 10.1. The normalized spacial score (nSPS) is 14.8. The molecular formula is C13H17NO3. The first-order chi connectivity index (χ1) is 8.11. The molecular weight excluding hydrogens is 218 g/mol. The first kappa shape index (κ1) is 11.9. The maximum absolute atomic E-state index is 11.8. The van der Waals surface area contributed by atoms with Crippen LogP contribution in [0.25, 0.3) is 0 Å². The van der Waals surface area contributed by atoms with Crippen LogP contribution in [0.5, 0.6) is 5.75 Å². The molecule has 2 rings (SSSR count). The van der Waals surface area contributed by atoms with Gasteiger partial charge in [0.25, 0.3) is 5.91 Å². The van der Waals surface area contributed by atoms with Crippen molar-refractivity contribution in [3.8, 4) is 5.75 Å². The van der Waals surface area contributed by atoms with Crippen LogP contribution in [0.1, 0.15) is 19.4 Å². The van der Waals surface area contributed by atoms with E-state index in [9.17, 15) is 4.79 Å². The average molecular weight is 235 g/mol. The highest BCUT2D eigenvalue weighted by Crippen LogP contribution is 2.33. The van der Waals surface area contributed by atoms with Crippen LogP contribution in [0.2, 0.25) is 0 Å². The van der Waals surface area contributed by atoms with Gasteiger partial charge in [0.05, 0.1) is 12.3 Å². The first-order valence-electron chi connectivity index (χ1n) is 5.78. The molecule has 1 aromatic carbocycles. The second kappa shape index (κ2) is 4.75. The topological polar surface area (TPSA) is 49.8 Å². The molecule has 1 N–H and O–H groups in total. The molecule has 0 atom stereocenters. The molecule has 0 aromatic heterocycles. The lowest BCUT2D eigenvalue weighted by molar-refractivity contribution is -0.121. The summed E-state index contributed by atoms with van der Waals surface area (Å²) in [5.74, 6) is 1.07. The number of anilines is 1. The molecule has 1 heterocycles. The number of benzene rings is 1. The molecule has 1 aliphatic heterocycles. The van der Waals surface area contributed by atoms with Gasteiger partial charge in [-0.15, -0.1) is 0 Å². The molecule has 1 aliphatic rings. The van der Waals surface area contributed by atoms with Gasteiger partial charge in [-0.05, 0) is 23.6 Å². The van der Waals surface area contributed by atoms with Crippen LogP contribution in [-0.2, 0) is 11.4 Å². The van der Waals surface area contributed by atoms with E-state index in [0.29, 0.717) is 18.2 Å². The van der Waals surface area contributed by atoms with Gasteiger partial charge in [-0.2, -0.15) is 0 Å². The minimum atomic E-state index is -0.0191. The van der Waals surface area contributed by atoms with E-state index in [1.54, 1.807) is 11.0 Å². The number of nitrogens with zero attached hydrogens (tertiary/aromatic N) is 1. The first-order valence-corrected chi connectivity index (χ1v) is 5.78. The summed E-state index contributed by atoms with van der Waals surface area (Å²) in [4.78, 5) is 13.6. The highest BCUT2D eigenvalue weighted by molar-refractivity contribution is 5.97. The Bertz CT molecular complexity index is 429. The summed E-state index contributed by atoms with van der Waals surface area (Å²) >= 11 is 0. The molecule has 0 radical (unpaired) electrons. The van der Waals surface area contributed by atoms with E-state index in [1.807, 2.05) is 12.1 Å². The minimum Gasteiger partial charge on any atom is -0.482 e. The summed E-state index contributed by atoms with van der Waals surface area (Å²) in [5, 5.41) is 9.07. The number of hydrogen-bond donors (Lipinski definition) is 1. The molecule has 17 heavy (non-hydrogen) atoms. The standard InChI is InChI=1S/C13H17NO3/c1-9(2)6-14-11-4-3-10(7-15)5-12(11)17-8-13(14)16/h3-5,9,15H,6-8H2,1-2H3. The Morgan fingerprint density at radius 3 is 2.88 bits per heavy atom. The summed E-state index contributed by atoms with van der Waals surface area (Å²) in [5.41, 5.74) is 1.59. The third kappa shape index (κ3) is 2.42. The molecule has 0 saturated heterocycles.